The van der Waals surface area contributed by atoms with Gasteiger partial charge in [-0.3, -0.25) is 4.79 Å². The molecule has 1 aromatic heterocycles. The number of nitrogens with zero attached hydrogens (tertiary/aromatic N) is 3. The number of carbonyl (C=O) groups is 1. The number of nitrogens with one attached hydrogen (secondary N) is 1. The molecule has 1 saturated carbocycles. The second-order valence-electron chi connectivity index (χ2n) is 9.32. The molecule has 2 aromatic rings. The van der Waals surface area contributed by atoms with Gasteiger partial charge in [-0.1, -0.05) is 13.0 Å². The third-order valence-corrected chi connectivity index (χ3v) is 7.33. The third kappa shape index (κ3) is 4.57. The summed E-state index contributed by atoms with van der Waals surface area (Å²) in [6, 6.07) is 10.4. The molecule has 1 amide bonds. The van der Waals surface area contributed by atoms with Crippen LogP contribution in [0.1, 0.15) is 44.6 Å². The van der Waals surface area contributed by atoms with Crippen LogP contribution in [0.5, 0.6) is 0 Å². The van der Waals surface area contributed by atoms with Crippen molar-refractivity contribution in [1.29, 1.82) is 0 Å². The van der Waals surface area contributed by atoms with Crippen molar-refractivity contribution in [3.8, 4) is 0 Å². The molecule has 2 aliphatic heterocycles. The fourth-order valence-corrected chi connectivity index (χ4v) is 5.27. The predicted molar refractivity (Wildman–Crippen MR) is 130 cm³/mol. The number of amides is 1. The van der Waals surface area contributed by atoms with Crippen LogP contribution in [-0.4, -0.2) is 49.9 Å². The molecular weight excluding hydrogens is 416 g/mol. The summed E-state index contributed by atoms with van der Waals surface area (Å²) in [6.07, 6.45) is 6.94. The summed E-state index contributed by atoms with van der Waals surface area (Å²) >= 11 is 0. The van der Waals surface area contributed by atoms with Gasteiger partial charge in [0.1, 0.15) is 5.82 Å². The molecule has 3 aliphatic rings. The lowest BCUT2D eigenvalue weighted by Crippen LogP contribution is -2.42. The summed E-state index contributed by atoms with van der Waals surface area (Å²) in [5.74, 6) is 1.05. The maximum atomic E-state index is 13.9. The molecule has 0 bridgehead atoms. The number of ether oxygens (including phenoxy) is 2. The summed E-state index contributed by atoms with van der Waals surface area (Å²) in [7, 11) is 1.77. The fraction of sp³-hybridized carbons (Fsp3) is 0.538. The number of rotatable bonds is 4. The first-order chi connectivity index (χ1) is 16.2. The molecule has 1 N–H and O–H groups in total. The van der Waals surface area contributed by atoms with Crippen LogP contribution < -0.4 is 15.1 Å². The van der Waals surface area contributed by atoms with Gasteiger partial charge < -0.3 is 24.6 Å². The maximum absolute atomic E-state index is 13.9. The van der Waals surface area contributed by atoms with Gasteiger partial charge in [0.15, 0.2) is 0 Å². The SMILES string of the molecule is CCC1CN(c2ccc3c(c2)N(C(=O)[C@H]2CC[C@H](OC)CC2)Cc2cccnc2N3)CCO1. The van der Waals surface area contributed by atoms with E-state index in [1.54, 1.807) is 13.3 Å². The molecule has 1 atom stereocenters. The maximum Gasteiger partial charge on any atom is 0.230 e. The van der Waals surface area contributed by atoms with Crippen molar-refractivity contribution in [2.24, 2.45) is 5.92 Å². The molecule has 1 saturated heterocycles. The van der Waals surface area contributed by atoms with Crippen molar-refractivity contribution in [3.05, 3.63) is 42.1 Å². The van der Waals surface area contributed by atoms with E-state index in [0.29, 0.717) is 6.54 Å². The van der Waals surface area contributed by atoms with E-state index in [0.717, 1.165) is 80.2 Å². The van der Waals surface area contributed by atoms with Gasteiger partial charge >= 0.3 is 0 Å². The molecule has 0 radical (unpaired) electrons. The van der Waals surface area contributed by atoms with Crippen molar-refractivity contribution in [2.75, 3.05) is 41.9 Å². The van der Waals surface area contributed by atoms with Gasteiger partial charge in [-0.05, 0) is 56.4 Å². The Kier molecular flexibility index (Phi) is 6.51. The Morgan fingerprint density at radius 2 is 2.09 bits per heavy atom. The van der Waals surface area contributed by atoms with Crippen LogP contribution in [0.25, 0.3) is 0 Å². The number of pyridine rings is 1. The highest BCUT2D eigenvalue weighted by molar-refractivity contribution is 6.00. The van der Waals surface area contributed by atoms with Gasteiger partial charge in [0, 0.05) is 43.6 Å². The molecular formula is C26H34N4O3. The zero-order valence-electron chi connectivity index (χ0n) is 19.6. The Morgan fingerprint density at radius 3 is 2.88 bits per heavy atom. The van der Waals surface area contributed by atoms with Gasteiger partial charge in [-0.25, -0.2) is 4.98 Å². The molecule has 2 fully saturated rings. The molecule has 1 aliphatic carbocycles. The zero-order valence-corrected chi connectivity index (χ0v) is 19.6. The zero-order chi connectivity index (χ0) is 22.8. The number of benzene rings is 1. The second kappa shape index (κ2) is 9.69. The first kappa shape index (κ1) is 22.2. The lowest BCUT2D eigenvalue weighted by atomic mass is 9.86. The van der Waals surface area contributed by atoms with E-state index in [9.17, 15) is 4.79 Å². The summed E-state index contributed by atoms with van der Waals surface area (Å²) in [5, 5.41) is 3.49. The lowest BCUT2D eigenvalue weighted by Gasteiger charge is -2.35. The minimum absolute atomic E-state index is 0.0268. The number of carbonyl (C=O) groups excluding carboxylic acids is 1. The highest BCUT2D eigenvalue weighted by Crippen LogP contribution is 2.40. The van der Waals surface area contributed by atoms with E-state index in [-0.39, 0.29) is 24.0 Å². The van der Waals surface area contributed by atoms with Crippen LogP contribution >= 0.6 is 0 Å². The molecule has 5 rings (SSSR count). The van der Waals surface area contributed by atoms with E-state index in [1.165, 1.54) is 0 Å². The number of aromatic nitrogens is 1. The topological polar surface area (TPSA) is 66.9 Å². The third-order valence-electron chi connectivity index (χ3n) is 7.33. The van der Waals surface area contributed by atoms with Crippen molar-refractivity contribution in [3.63, 3.8) is 0 Å². The Labute approximate surface area is 196 Å². The van der Waals surface area contributed by atoms with Crippen LogP contribution in [0.2, 0.25) is 0 Å². The standard InChI is InChI=1S/C26H34N4O3/c1-3-21-17-29(13-14-33-21)20-8-11-23-24(15-20)30(16-19-5-4-12-27-25(19)28-23)26(31)18-6-9-22(32-2)10-7-18/h4-5,8,11-12,15,18,21-22H,3,6-7,9-10,13-14,16-17H2,1-2H3,(H,27,28)/t18-,21?,22-. The van der Waals surface area contributed by atoms with Gasteiger partial charge in [-0.15, -0.1) is 0 Å². The van der Waals surface area contributed by atoms with Crippen LogP contribution in [0.4, 0.5) is 22.9 Å². The van der Waals surface area contributed by atoms with Gasteiger partial charge in [0.05, 0.1) is 36.7 Å². The summed E-state index contributed by atoms with van der Waals surface area (Å²) in [5.41, 5.74) is 4.03. The molecule has 7 heteroatoms. The lowest BCUT2D eigenvalue weighted by molar-refractivity contribution is -0.124. The molecule has 3 heterocycles. The Hall–Kier alpha value is -2.64. The van der Waals surface area contributed by atoms with Crippen molar-refractivity contribution < 1.29 is 14.3 Å². The number of fused-ring (bicyclic) bond motifs is 2. The van der Waals surface area contributed by atoms with Gasteiger partial charge in [0.25, 0.3) is 0 Å². The molecule has 176 valence electrons. The number of morpholine rings is 1. The Balaban J connectivity index is 1.48. The van der Waals surface area contributed by atoms with Gasteiger partial charge in [0.2, 0.25) is 5.91 Å². The Bertz CT molecular complexity index is 989. The van der Waals surface area contributed by atoms with E-state index in [1.807, 2.05) is 11.0 Å². The second-order valence-corrected chi connectivity index (χ2v) is 9.32. The van der Waals surface area contributed by atoms with Crippen LogP contribution in [0.15, 0.2) is 36.5 Å². The van der Waals surface area contributed by atoms with Crippen molar-refractivity contribution >= 4 is 28.8 Å². The molecule has 7 nitrogen and oxygen atoms in total. The van der Waals surface area contributed by atoms with E-state index < -0.39 is 0 Å². The van der Waals surface area contributed by atoms with Crippen molar-refractivity contribution in [1.82, 2.24) is 4.98 Å². The molecule has 33 heavy (non-hydrogen) atoms. The van der Waals surface area contributed by atoms with Crippen LogP contribution in [0.3, 0.4) is 0 Å². The largest absolute Gasteiger partial charge is 0.381 e. The predicted octanol–water partition coefficient (Wildman–Crippen LogP) is 4.49. The number of methoxy groups -OCH3 is 1. The minimum Gasteiger partial charge on any atom is -0.381 e. The summed E-state index contributed by atoms with van der Waals surface area (Å²) < 4.78 is 11.4. The number of anilines is 4. The first-order valence-electron chi connectivity index (χ1n) is 12.2. The minimum atomic E-state index is 0.0268. The number of hydrogen-bond donors (Lipinski definition) is 1. The fourth-order valence-electron chi connectivity index (χ4n) is 5.27. The van der Waals surface area contributed by atoms with Gasteiger partial charge in [-0.2, -0.15) is 0 Å². The average Bonchev–Trinajstić information content (AvgIpc) is 3.04. The monoisotopic (exact) mass is 450 g/mol. The summed E-state index contributed by atoms with van der Waals surface area (Å²) in [4.78, 5) is 22.8. The quantitative estimate of drug-likeness (QED) is 0.740. The van der Waals surface area contributed by atoms with Crippen LogP contribution in [-0.2, 0) is 20.8 Å². The Morgan fingerprint density at radius 1 is 1.24 bits per heavy atom. The normalized spacial score (nSPS) is 25.0. The highest BCUT2D eigenvalue weighted by Gasteiger charge is 2.33. The highest BCUT2D eigenvalue weighted by atomic mass is 16.5. The molecule has 1 aromatic carbocycles. The van der Waals surface area contributed by atoms with Crippen molar-refractivity contribution in [2.45, 2.75) is 57.8 Å². The summed E-state index contributed by atoms with van der Waals surface area (Å²) in [6.45, 7) is 5.15. The first-order valence-corrected chi connectivity index (χ1v) is 12.2. The number of hydrogen-bond acceptors (Lipinski definition) is 6. The smallest absolute Gasteiger partial charge is 0.230 e. The molecule has 1 unspecified atom stereocenters. The van der Waals surface area contributed by atoms with E-state index >= 15 is 0 Å². The van der Waals surface area contributed by atoms with E-state index in [4.69, 9.17) is 9.47 Å². The molecule has 0 spiro atoms. The van der Waals surface area contributed by atoms with Crippen LogP contribution in [0, 0.1) is 5.92 Å². The van der Waals surface area contributed by atoms with E-state index in [2.05, 4.69) is 46.4 Å². The average molecular weight is 451 g/mol.